The lowest BCUT2D eigenvalue weighted by atomic mass is 10.1. The van der Waals surface area contributed by atoms with Crippen LogP contribution in [0, 0.1) is 0 Å². The second kappa shape index (κ2) is 40.1. The van der Waals surface area contributed by atoms with Crippen LogP contribution >= 0.6 is 7.82 Å². The van der Waals surface area contributed by atoms with Crippen molar-refractivity contribution in [3.05, 3.63) is 109 Å². The Morgan fingerprint density at radius 1 is 0.542 bits per heavy atom. The minimum absolute atomic E-state index is 0.0484. The summed E-state index contributed by atoms with van der Waals surface area (Å²) in [6.07, 6.45) is 54.1. The molecule has 0 aromatic carbocycles. The first-order chi connectivity index (χ1) is 28.5. The summed E-state index contributed by atoms with van der Waals surface area (Å²) < 4.78 is 33.8. The van der Waals surface area contributed by atoms with Gasteiger partial charge in [0.05, 0.1) is 27.7 Å². The number of unbranched alkanes of at least 4 members (excludes halogenated alkanes) is 9. The normalized spacial score (nSPS) is 14.6. The number of phosphoric acid groups is 1. The fourth-order valence-corrected chi connectivity index (χ4v) is 5.95. The quantitative estimate of drug-likeness (QED) is 0.0151. The van der Waals surface area contributed by atoms with Gasteiger partial charge in [-0.3, -0.25) is 14.2 Å². The van der Waals surface area contributed by atoms with Gasteiger partial charge in [-0.15, -0.1) is 0 Å². The molecule has 0 radical (unpaired) electrons. The van der Waals surface area contributed by atoms with Crippen LogP contribution in [-0.2, 0) is 32.7 Å². The molecule has 0 saturated heterocycles. The Bertz CT molecular complexity index is 1370. The number of quaternary nitrogens is 1. The number of likely N-dealkylation sites (N-methyl/N-ethyl adjacent to an activating group) is 1. The van der Waals surface area contributed by atoms with Crippen molar-refractivity contribution in [1.82, 2.24) is 0 Å². The molecule has 334 valence electrons. The van der Waals surface area contributed by atoms with Gasteiger partial charge in [0, 0.05) is 12.8 Å². The summed E-state index contributed by atoms with van der Waals surface area (Å²) in [6.45, 7) is 3.87. The maximum atomic E-state index is 12.6. The molecular formula is C49H80NO8P. The predicted octanol–water partition coefficient (Wildman–Crippen LogP) is 12.1. The first-order valence-corrected chi connectivity index (χ1v) is 23.6. The third-order valence-corrected chi connectivity index (χ3v) is 9.60. The molecule has 10 heteroatoms. The van der Waals surface area contributed by atoms with E-state index in [0.717, 1.165) is 96.3 Å². The molecule has 0 aliphatic heterocycles. The third kappa shape index (κ3) is 44.1. The van der Waals surface area contributed by atoms with Crippen LogP contribution in [0.3, 0.4) is 0 Å². The number of hydrogen-bond acceptors (Lipinski definition) is 8. The smallest absolute Gasteiger partial charge is 0.306 e. The first kappa shape index (κ1) is 55.7. The molecule has 9 nitrogen and oxygen atoms in total. The second-order valence-electron chi connectivity index (χ2n) is 15.4. The Balaban J connectivity index is 4.41. The molecule has 0 rings (SSSR count). The van der Waals surface area contributed by atoms with Gasteiger partial charge in [-0.25, -0.2) is 0 Å². The maximum Gasteiger partial charge on any atom is 0.306 e. The van der Waals surface area contributed by atoms with Crippen LogP contribution in [0.25, 0.3) is 0 Å². The zero-order chi connectivity index (χ0) is 43.6. The zero-order valence-corrected chi connectivity index (χ0v) is 38.3. The van der Waals surface area contributed by atoms with Crippen molar-refractivity contribution in [1.29, 1.82) is 0 Å². The highest BCUT2D eigenvalue weighted by atomic mass is 31.2. The van der Waals surface area contributed by atoms with E-state index in [9.17, 15) is 19.0 Å². The minimum atomic E-state index is -4.65. The van der Waals surface area contributed by atoms with E-state index in [1.165, 1.54) is 0 Å². The first-order valence-electron chi connectivity index (χ1n) is 22.1. The van der Waals surface area contributed by atoms with Crippen LogP contribution in [0.1, 0.15) is 136 Å². The molecule has 0 heterocycles. The van der Waals surface area contributed by atoms with Crippen molar-refractivity contribution < 1.29 is 42.1 Å². The average Bonchev–Trinajstić information content (AvgIpc) is 3.19. The van der Waals surface area contributed by atoms with Gasteiger partial charge in [0.15, 0.2) is 6.10 Å². The molecule has 0 amide bonds. The topological polar surface area (TPSA) is 111 Å². The van der Waals surface area contributed by atoms with Gasteiger partial charge in [0.2, 0.25) is 0 Å². The van der Waals surface area contributed by atoms with Gasteiger partial charge in [-0.2, -0.15) is 0 Å². The van der Waals surface area contributed by atoms with Crippen molar-refractivity contribution in [2.24, 2.45) is 0 Å². The molecule has 0 aromatic rings. The van der Waals surface area contributed by atoms with Crippen molar-refractivity contribution in [3.8, 4) is 0 Å². The van der Waals surface area contributed by atoms with E-state index in [-0.39, 0.29) is 26.1 Å². The van der Waals surface area contributed by atoms with E-state index in [4.69, 9.17) is 18.5 Å². The molecule has 0 aromatic heterocycles. The lowest BCUT2D eigenvalue weighted by Gasteiger charge is -2.28. The van der Waals surface area contributed by atoms with E-state index < -0.39 is 32.5 Å². The lowest BCUT2D eigenvalue weighted by Crippen LogP contribution is -2.37. The van der Waals surface area contributed by atoms with E-state index >= 15 is 0 Å². The Kier molecular flexibility index (Phi) is 37.8. The Labute approximate surface area is 359 Å². The highest BCUT2D eigenvalue weighted by Crippen LogP contribution is 2.38. The third-order valence-electron chi connectivity index (χ3n) is 8.63. The molecule has 2 unspecified atom stereocenters. The molecule has 0 spiro atoms. The standard InChI is InChI=1S/C49H80NO8P/c1-6-8-10-12-14-16-18-20-21-22-23-24-25-26-27-28-30-31-33-35-37-39-41-48(51)55-45-47(46-57-59(53,54)56-44-43-50(3,4)5)58-49(52)42-40-38-36-34-32-29-19-17-15-13-11-9-7-2/h8-11,13-17,19-21,23-24,26-27,29,32,47H,6-7,12,18,22,25,28,30-31,33-46H2,1-5H3/b10-8+,11-9+,15-13+,16-14+,19-17+,21-20+,24-23+,27-26+,32-29+. The van der Waals surface area contributed by atoms with Gasteiger partial charge < -0.3 is 27.9 Å². The molecule has 0 N–H and O–H groups in total. The summed E-state index contributed by atoms with van der Waals surface area (Å²) >= 11 is 0. The summed E-state index contributed by atoms with van der Waals surface area (Å²) in [5.41, 5.74) is 0. The van der Waals surface area contributed by atoms with Crippen molar-refractivity contribution >= 4 is 19.8 Å². The molecule has 0 aliphatic rings. The van der Waals surface area contributed by atoms with E-state index in [0.29, 0.717) is 23.9 Å². The highest BCUT2D eigenvalue weighted by molar-refractivity contribution is 7.45. The average molecular weight is 842 g/mol. The Morgan fingerprint density at radius 3 is 1.58 bits per heavy atom. The Morgan fingerprint density at radius 2 is 1.00 bits per heavy atom. The van der Waals surface area contributed by atoms with Gasteiger partial charge in [0.25, 0.3) is 7.82 Å². The van der Waals surface area contributed by atoms with Crippen molar-refractivity contribution in [3.63, 3.8) is 0 Å². The van der Waals surface area contributed by atoms with Gasteiger partial charge in [0.1, 0.15) is 19.8 Å². The molecular weight excluding hydrogens is 762 g/mol. The number of phosphoric ester groups is 1. The zero-order valence-electron chi connectivity index (χ0n) is 37.4. The maximum absolute atomic E-state index is 12.6. The number of rotatable bonds is 38. The number of hydrogen-bond donors (Lipinski definition) is 0. The van der Waals surface area contributed by atoms with E-state index in [1.54, 1.807) is 0 Å². The summed E-state index contributed by atoms with van der Waals surface area (Å²) in [7, 11) is 1.10. The van der Waals surface area contributed by atoms with Crippen molar-refractivity contribution in [2.45, 2.75) is 142 Å². The van der Waals surface area contributed by atoms with Gasteiger partial charge in [-0.1, -0.05) is 155 Å². The van der Waals surface area contributed by atoms with Crippen LogP contribution in [0.5, 0.6) is 0 Å². The molecule has 0 bridgehead atoms. The van der Waals surface area contributed by atoms with Gasteiger partial charge >= 0.3 is 11.9 Å². The summed E-state index contributed by atoms with van der Waals surface area (Å²) in [5.74, 6) is -0.911. The molecule has 0 fully saturated rings. The number of carbonyl (C=O) groups excluding carboxylic acids is 2. The van der Waals surface area contributed by atoms with E-state index in [1.807, 2.05) is 57.6 Å². The van der Waals surface area contributed by atoms with Crippen LogP contribution in [0.15, 0.2) is 109 Å². The molecule has 0 aliphatic carbocycles. The van der Waals surface area contributed by atoms with Crippen LogP contribution in [0.4, 0.5) is 0 Å². The minimum Gasteiger partial charge on any atom is -0.756 e. The molecule has 59 heavy (non-hydrogen) atoms. The fourth-order valence-electron chi connectivity index (χ4n) is 5.22. The SMILES string of the molecule is CC/C=C/C=C/C=C/C=C/CCCCCC(=O)OC(COC(=O)CCCCCCCC/C=C/C/C=C/C/C=C/C/C=C/C/C=C/CC)COP(=O)([O-])OCC[N+](C)(C)C. The number of allylic oxidation sites excluding steroid dienone is 18. The summed E-state index contributed by atoms with van der Waals surface area (Å²) in [6, 6.07) is 0. The largest absolute Gasteiger partial charge is 0.756 e. The monoisotopic (exact) mass is 842 g/mol. The van der Waals surface area contributed by atoms with Crippen LogP contribution in [0.2, 0.25) is 0 Å². The predicted molar refractivity (Wildman–Crippen MR) is 245 cm³/mol. The number of nitrogens with zero attached hydrogens (tertiary/aromatic N) is 1. The van der Waals surface area contributed by atoms with Gasteiger partial charge in [-0.05, 0) is 77.0 Å². The summed E-state index contributed by atoms with van der Waals surface area (Å²) in [4.78, 5) is 37.5. The fraction of sp³-hybridized carbons (Fsp3) is 0.592. The lowest BCUT2D eigenvalue weighted by molar-refractivity contribution is -0.870. The number of esters is 2. The molecule has 2 atom stereocenters. The van der Waals surface area contributed by atoms with Crippen molar-refractivity contribution in [2.75, 3.05) is 47.5 Å². The van der Waals surface area contributed by atoms with Crippen LogP contribution in [-0.4, -0.2) is 70.0 Å². The number of carbonyl (C=O) groups is 2. The van der Waals surface area contributed by atoms with E-state index in [2.05, 4.69) is 86.8 Å². The summed E-state index contributed by atoms with van der Waals surface area (Å²) in [5, 5.41) is 0. The highest BCUT2D eigenvalue weighted by Gasteiger charge is 2.21. The second-order valence-corrected chi connectivity index (χ2v) is 16.8. The van der Waals surface area contributed by atoms with Crippen LogP contribution < -0.4 is 4.89 Å². The molecule has 0 saturated carbocycles. The Hall–Kier alpha value is -3.33. The number of ether oxygens (including phenoxy) is 2.